The van der Waals surface area contributed by atoms with Gasteiger partial charge in [0.25, 0.3) is 0 Å². The van der Waals surface area contributed by atoms with Gasteiger partial charge in [0.2, 0.25) is 0 Å². The molecule has 0 amide bonds. The quantitative estimate of drug-likeness (QED) is 0.221. The van der Waals surface area contributed by atoms with Crippen LogP contribution in [-0.4, -0.2) is 11.9 Å². The van der Waals surface area contributed by atoms with Crippen molar-refractivity contribution in [1.82, 2.24) is 0 Å². The third-order valence-corrected chi connectivity index (χ3v) is 4.68. The molecule has 0 saturated carbocycles. The van der Waals surface area contributed by atoms with Gasteiger partial charge in [0.05, 0.1) is 0 Å². The Bertz CT molecular complexity index is 326. The Hall–Kier alpha value is 0.940. The van der Waals surface area contributed by atoms with Crippen molar-refractivity contribution in [3.63, 3.8) is 0 Å². The number of carbonyl (C=O) groups excluding carboxylic acids is 2. The van der Waals surface area contributed by atoms with E-state index in [1.165, 1.54) is 0 Å². The van der Waals surface area contributed by atoms with Crippen LogP contribution in [0, 0.1) is 23.7 Å². The monoisotopic (exact) mass is 386 g/mol. The smallest absolute Gasteiger partial charge is 0.550 e. The van der Waals surface area contributed by atoms with Gasteiger partial charge >= 0.3 is 59.1 Å². The molecule has 142 valence electrons. The van der Waals surface area contributed by atoms with Gasteiger partial charge in [-0.25, -0.2) is 0 Å². The summed E-state index contributed by atoms with van der Waals surface area (Å²) in [6, 6.07) is 0. The maximum absolute atomic E-state index is 11.4. The largest absolute Gasteiger partial charge is 1.00 e. The van der Waals surface area contributed by atoms with E-state index in [2.05, 4.69) is 27.7 Å². The minimum absolute atomic E-state index is 0. The van der Waals surface area contributed by atoms with Crippen LogP contribution in [0.4, 0.5) is 0 Å². The van der Waals surface area contributed by atoms with Crippen LogP contribution >= 0.6 is 0 Å². The third kappa shape index (κ3) is 17.1. The summed E-state index contributed by atoms with van der Waals surface area (Å²) in [7, 11) is 0. The van der Waals surface area contributed by atoms with Crippen LogP contribution in [0.25, 0.3) is 0 Å². The van der Waals surface area contributed by atoms with Gasteiger partial charge in [-0.05, 0) is 24.7 Å². The predicted octanol–water partition coefficient (Wildman–Crippen LogP) is -3.06. The maximum atomic E-state index is 11.4. The number of carbonyl (C=O) groups is 2. The van der Waals surface area contributed by atoms with E-state index < -0.39 is 23.8 Å². The van der Waals surface area contributed by atoms with Gasteiger partial charge in [-0.3, -0.25) is 0 Å². The molecule has 0 heterocycles. The standard InChI is InChI=1S/C20H38O4.2Na/c1-15(2)11-7-5-9-13-17(19(21)22)18(20(23)24)14-10-6-8-12-16(3)4;;/h15-18H,5-14H2,1-4H3,(H,21,22)(H,23,24);;/q;2*+1/p-2. The van der Waals surface area contributed by atoms with E-state index in [9.17, 15) is 19.8 Å². The molecule has 0 saturated heterocycles. The molecule has 0 spiro atoms. The third-order valence-electron chi connectivity index (χ3n) is 4.68. The molecule has 2 atom stereocenters. The second-order valence-electron chi connectivity index (χ2n) is 7.91. The van der Waals surface area contributed by atoms with Crippen LogP contribution in [-0.2, 0) is 9.59 Å². The molecule has 0 aliphatic carbocycles. The van der Waals surface area contributed by atoms with Crippen LogP contribution in [0.3, 0.4) is 0 Å². The molecular weight excluding hydrogens is 350 g/mol. The average Bonchev–Trinajstić information content (AvgIpc) is 2.46. The zero-order valence-corrected chi connectivity index (χ0v) is 22.0. The minimum Gasteiger partial charge on any atom is -0.550 e. The van der Waals surface area contributed by atoms with Crippen molar-refractivity contribution < 1.29 is 78.9 Å². The summed E-state index contributed by atoms with van der Waals surface area (Å²) >= 11 is 0. The fourth-order valence-corrected chi connectivity index (χ4v) is 3.15. The van der Waals surface area contributed by atoms with Crippen LogP contribution in [0.15, 0.2) is 0 Å². The first-order chi connectivity index (χ1) is 11.3. The van der Waals surface area contributed by atoms with Crippen molar-refractivity contribution in [3.05, 3.63) is 0 Å². The van der Waals surface area contributed by atoms with E-state index in [-0.39, 0.29) is 59.1 Å². The number of hydrogen-bond acceptors (Lipinski definition) is 4. The number of unbranched alkanes of at least 4 members (excludes halogenated alkanes) is 4. The van der Waals surface area contributed by atoms with Gasteiger partial charge in [-0.15, -0.1) is 0 Å². The van der Waals surface area contributed by atoms with Crippen molar-refractivity contribution in [2.24, 2.45) is 23.7 Å². The first-order valence-corrected chi connectivity index (χ1v) is 9.67. The van der Waals surface area contributed by atoms with Gasteiger partial charge in [0.15, 0.2) is 0 Å². The Morgan fingerprint density at radius 2 is 0.846 bits per heavy atom. The van der Waals surface area contributed by atoms with E-state index in [1.54, 1.807) is 0 Å². The van der Waals surface area contributed by atoms with Crippen LogP contribution in [0.5, 0.6) is 0 Å². The zero-order valence-electron chi connectivity index (χ0n) is 18.0. The summed E-state index contributed by atoms with van der Waals surface area (Å²) in [5.41, 5.74) is 0. The summed E-state index contributed by atoms with van der Waals surface area (Å²) in [4.78, 5) is 22.8. The molecule has 0 aromatic carbocycles. The second-order valence-corrected chi connectivity index (χ2v) is 7.91. The fourth-order valence-electron chi connectivity index (χ4n) is 3.15. The number of hydrogen-bond donors (Lipinski definition) is 0. The number of aliphatic carboxylic acids is 2. The van der Waals surface area contributed by atoms with Crippen molar-refractivity contribution in [3.8, 4) is 0 Å². The topological polar surface area (TPSA) is 80.3 Å². The van der Waals surface area contributed by atoms with E-state index in [0.717, 1.165) is 51.4 Å². The Labute approximate surface area is 204 Å². The SMILES string of the molecule is CC(C)CCCCCC(C(=O)[O-])C(CCCCCC(C)C)C(=O)[O-].[Na+].[Na+]. The molecule has 2 unspecified atom stereocenters. The Morgan fingerprint density at radius 1 is 0.577 bits per heavy atom. The van der Waals surface area contributed by atoms with Gasteiger partial charge in [-0.2, -0.15) is 0 Å². The molecule has 0 radical (unpaired) electrons. The van der Waals surface area contributed by atoms with Crippen LogP contribution < -0.4 is 69.3 Å². The minimum atomic E-state index is -1.24. The van der Waals surface area contributed by atoms with Gasteiger partial charge in [0.1, 0.15) is 0 Å². The summed E-state index contributed by atoms with van der Waals surface area (Å²) in [6.07, 6.45) is 8.48. The molecule has 26 heavy (non-hydrogen) atoms. The van der Waals surface area contributed by atoms with Crippen molar-refractivity contribution in [2.75, 3.05) is 0 Å². The van der Waals surface area contributed by atoms with Gasteiger partial charge in [-0.1, -0.05) is 79.1 Å². The molecule has 0 rings (SSSR count). The fraction of sp³-hybridized carbons (Fsp3) is 0.900. The van der Waals surface area contributed by atoms with E-state index in [1.807, 2.05) is 0 Å². The molecule has 4 nitrogen and oxygen atoms in total. The molecule has 0 fully saturated rings. The average molecular weight is 386 g/mol. The number of carboxylic acids is 2. The van der Waals surface area contributed by atoms with Gasteiger partial charge < -0.3 is 19.8 Å². The molecule has 0 N–H and O–H groups in total. The van der Waals surface area contributed by atoms with Crippen molar-refractivity contribution >= 4 is 11.9 Å². The number of rotatable bonds is 15. The zero-order chi connectivity index (χ0) is 18.5. The van der Waals surface area contributed by atoms with Crippen LogP contribution in [0.1, 0.15) is 91.9 Å². The molecule has 6 heteroatoms. The summed E-state index contributed by atoms with van der Waals surface area (Å²) < 4.78 is 0. The van der Waals surface area contributed by atoms with E-state index >= 15 is 0 Å². The normalized spacial score (nSPS) is 13.0. The maximum Gasteiger partial charge on any atom is 1.00 e. The van der Waals surface area contributed by atoms with E-state index in [4.69, 9.17) is 0 Å². The first kappa shape index (κ1) is 31.6. The number of carboxylic acid groups (broad SMARTS) is 2. The Morgan fingerprint density at radius 3 is 1.08 bits per heavy atom. The molecule has 0 aromatic heterocycles. The van der Waals surface area contributed by atoms with E-state index in [0.29, 0.717) is 24.7 Å². The van der Waals surface area contributed by atoms with Crippen molar-refractivity contribution in [2.45, 2.75) is 91.9 Å². The molecular formula is C20H36Na2O4. The summed E-state index contributed by atoms with van der Waals surface area (Å²) in [5.74, 6) is -3.03. The van der Waals surface area contributed by atoms with Gasteiger partial charge in [0, 0.05) is 23.8 Å². The summed E-state index contributed by atoms with van der Waals surface area (Å²) in [5, 5.41) is 22.8. The molecule has 0 aliphatic rings. The first-order valence-electron chi connectivity index (χ1n) is 9.67. The molecule has 0 aromatic rings. The predicted molar refractivity (Wildman–Crippen MR) is 92.8 cm³/mol. The van der Waals surface area contributed by atoms with Crippen molar-refractivity contribution in [1.29, 1.82) is 0 Å². The molecule has 0 bridgehead atoms. The second kappa shape index (κ2) is 19.3. The Kier molecular flexibility index (Phi) is 23.4. The van der Waals surface area contributed by atoms with Crippen LogP contribution in [0.2, 0.25) is 0 Å². The Balaban J connectivity index is -0.00000264. The summed E-state index contributed by atoms with van der Waals surface area (Å²) in [6.45, 7) is 8.65. The molecule has 0 aliphatic heterocycles.